The number of hydrogen-bond acceptors (Lipinski definition) is 1. The topological polar surface area (TPSA) is 37.3 Å². The average molecular weight is 294 g/mol. The summed E-state index contributed by atoms with van der Waals surface area (Å²) in [7, 11) is 0. The van der Waals surface area contributed by atoms with Crippen molar-refractivity contribution in [2.24, 2.45) is 0 Å². The second kappa shape index (κ2) is 5.99. The molecule has 0 spiro atoms. The smallest absolute Gasteiger partial charge is 0.416 e. The maximum atomic E-state index is 12.7. The summed E-state index contributed by atoms with van der Waals surface area (Å²) in [5, 5.41) is 9.29. The number of carboxylic acids is 1. The SMILES string of the molecule is O=C(O)C(Cc1cccc(C(F)(F)F)c1)c1ccccc1. The van der Waals surface area contributed by atoms with E-state index in [1.54, 1.807) is 30.3 Å². The highest BCUT2D eigenvalue weighted by Crippen LogP contribution is 2.30. The van der Waals surface area contributed by atoms with Gasteiger partial charge in [-0.15, -0.1) is 0 Å². The number of carboxylic acid groups (broad SMARTS) is 1. The molecule has 0 radical (unpaired) electrons. The van der Waals surface area contributed by atoms with Crippen molar-refractivity contribution in [3.63, 3.8) is 0 Å². The maximum Gasteiger partial charge on any atom is 0.416 e. The Morgan fingerprint density at radius 1 is 1.05 bits per heavy atom. The van der Waals surface area contributed by atoms with Crippen molar-refractivity contribution in [2.75, 3.05) is 0 Å². The fourth-order valence-corrected chi connectivity index (χ4v) is 2.14. The fraction of sp³-hybridized carbons (Fsp3) is 0.188. The Morgan fingerprint density at radius 2 is 1.71 bits per heavy atom. The Labute approximate surface area is 119 Å². The molecule has 1 N–H and O–H groups in total. The van der Waals surface area contributed by atoms with Gasteiger partial charge in [-0.2, -0.15) is 13.2 Å². The molecule has 2 nitrogen and oxygen atoms in total. The summed E-state index contributed by atoms with van der Waals surface area (Å²) in [5.74, 6) is -1.92. The second-order valence-corrected chi connectivity index (χ2v) is 4.70. The van der Waals surface area contributed by atoms with Crippen LogP contribution in [0.15, 0.2) is 54.6 Å². The van der Waals surface area contributed by atoms with Crippen molar-refractivity contribution < 1.29 is 23.1 Å². The van der Waals surface area contributed by atoms with Crippen LogP contribution >= 0.6 is 0 Å². The first kappa shape index (κ1) is 15.1. The first-order valence-electron chi connectivity index (χ1n) is 6.32. The van der Waals surface area contributed by atoms with E-state index in [1.165, 1.54) is 12.1 Å². The van der Waals surface area contributed by atoms with Crippen molar-refractivity contribution in [3.8, 4) is 0 Å². The van der Waals surface area contributed by atoms with Crippen LogP contribution in [0, 0.1) is 0 Å². The molecule has 110 valence electrons. The molecule has 0 aliphatic heterocycles. The minimum Gasteiger partial charge on any atom is -0.481 e. The lowest BCUT2D eigenvalue weighted by Crippen LogP contribution is -2.15. The zero-order chi connectivity index (χ0) is 15.5. The predicted molar refractivity (Wildman–Crippen MR) is 72.0 cm³/mol. The van der Waals surface area contributed by atoms with Gasteiger partial charge in [0.15, 0.2) is 0 Å². The van der Waals surface area contributed by atoms with Gasteiger partial charge in [-0.3, -0.25) is 4.79 Å². The normalized spacial score (nSPS) is 12.9. The summed E-state index contributed by atoms with van der Waals surface area (Å²) in [6, 6.07) is 13.3. The van der Waals surface area contributed by atoms with E-state index < -0.39 is 23.6 Å². The van der Waals surface area contributed by atoms with Crippen LogP contribution in [-0.4, -0.2) is 11.1 Å². The zero-order valence-electron chi connectivity index (χ0n) is 11.0. The Bertz CT molecular complexity index is 621. The molecule has 2 aromatic rings. The first-order valence-corrected chi connectivity index (χ1v) is 6.32. The van der Waals surface area contributed by atoms with Crippen LogP contribution in [0.3, 0.4) is 0 Å². The van der Waals surface area contributed by atoms with Crippen molar-refractivity contribution in [1.29, 1.82) is 0 Å². The van der Waals surface area contributed by atoms with Crippen LogP contribution in [0.25, 0.3) is 0 Å². The molecule has 1 unspecified atom stereocenters. The molecule has 0 aliphatic rings. The average Bonchev–Trinajstić information content (AvgIpc) is 2.45. The fourth-order valence-electron chi connectivity index (χ4n) is 2.14. The molecule has 0 saturated heterocycles. The van der Waals surface area contributed by atoms with Gasteiger partial charge in [-0.25, -0.2) is 0 Å². The lowest BCUT2D eigenvalue weighted by Gasteiger charge is -2.14. The molecule has 0 amide bonds. The van der Waals surface area contributed by atoms with Gasteiger partial charge in [0.1, 0.15) is 0 Å². The van der Waals surface area contributed by atoms with Crippen molar-refractivity contribution >= 4 is 5.97 Å². The third kappa shape index (κ3) is 3.84. The van der Waals surface area contributed by atoms with Gasteiger partial charge in [0, 0.05) is 0 Å². The summed E-state index contributed by atoms with van der Waals surface area (Å²) < 4.78 is 38.0. The third-order valence-corrected chi connectivity index (χ3v) is 3.19. The number of aliphatic carboxylic acids is 1. The number of rotatable bonds is 4. The number of hydrogen-bond donors (Lipinski definition) is 1. The van der Waals surface area contributed by atoms with Crippen molar-refractivity contribution in [2.45, 2.75) is 18.5 Å². The number of halogens is 3. The van der Waals surface area contributed by atoms with Crippen LogP contribution in [0.1, 0.15) is 22.6 Å². The van der Waals surface area contributed by atoms with Gasteiger partial charge < -0.3 is 5.11 Å². The number of carbonyl (C=O) groups is 1. The van der Waals surface area contributed by atoms with Crippen molar-refractivity contribution in [3.05, 3.63) is 71.3 Å². The molecule has 2 rings (SSSR count). The molecule has 0 saturated carbocycles. The van der Waals surface area contributed by atoms with Gasteiger partial charge in [0.05, 0.1) is 11.5 Å². The molecule has 0 aromatic heterocycles. The minimum absolute atomic E-state index is 0.0171. The van der Waals surface area contributed by atoms with E-state index in [0.717, 1.165) is 12.1 Å². The lowest BCUT2D eigenvalue weighted by molar-refractivity contribution is -0.138. The Hall–Kier alpha value is -2.30. The van der Waals surface area contributed by atoms with Gasteiger partial charge in [0.2, 0.25) is 0 Å². The predicted octanol–water partition coefficient (Wildman–Crippen LogP) is 4.12. The molecular weight excluding hydrogens is 281 g/mol. The summed E-state index contributed by atoms with van der Waals surface area (Å²) in [4.78, 5) is 11.4. The van der Waals surface area contributed by atoms with Gasteiger partial charge in [0.25, 0.3) is 0 Å². The molecule has 0 fully saturated rings. The van der Waals surface area contributed by atoms with E-state index in [0.29, 0.717) is 11.1 Å². The van der Waals surface area contributed by atoms with E-state index in [4.69, 9.17) is 0 Å². The highest BCUT2D eigenvalue weighted by Gasteiger charge is 2.30. The number of alkyl halides is 3. The molecular formula is C16H13F3O2. The molecule has 5 heteroatoms. The molecule has 21 heavy (non-hydrogen) atoms. The van der Waals surface area contributed by atoms with E-state index >= 15 is 0 Å². The van der Waals surface area contributed by atoms with Gasteiger partial charge in [-0.05, 0) is 23.6 Å². The largest absolute Gasteiger partial charge is 0.481 e. The summed E-state index contributed by atoms with van der Waals surface area (Å²) in [5.41, 5.74) is 0.153. The molecule has 0 heterocycles. The first-order chi connectivity index (χ1) is 9.88. The number of benzene rings is 2. The second-order valence-electron chi connectivity index (χ2n) is 4.70. The minimum atomic E-state index is -4.43. The van der Waals surface area contributed by atoms with Crippen LogP contribution in [0.5, 0.6) is 0 Å². The van der Waals surface area contributed by atoms with Crippen LogP contribution in [0.2, 0.25) is 0 Å². The van der Waals surface area contributed by atoms with E-state index in [9.17, 15) is 23.1 Å². The van der Waals surface area contributed by atoms with E-state index in [1.807, 2.05) is 0 Å². The monoisotopic (exact) mass is 294 g/mol. The molecule has 0 aliphatic carbocycles. The van der Waals surface area contributed by atoms with E-state index in [2.05, 4.69) is 0 Å². The van der Waals surface area contributed by atoms with Gasteiger partial charge >= 0.3 is 12.1 Å². The van der Waals surface area contributed by atoms with Gasteiger partial charge in [-0.1, -0.05) is 48.5 Å². The highest BCUT2D eigenvalue weighted by atomic mass is 19.4. The van der Waals surface area contributed by atoms with E-state index in [-0.39, 0.29) is 6.42 Å². The Balaban J connectivity index is 2.28. The highest BCUT2D eigenvalue weighted by molar-refractivity contribution is 5.76. The molecule has 1 atom stereocenters. The quantitative estimate of drug-likeness (QED) is 0.921. The van der Waals surface area contributed by atoms with Crippen LogP contribution < -0.4 is 0 Å². The summed E-state index contributed by atoms with van der Waals surface area (Å²) in [6.45, 7) is 0. The lowest BCUT2D eigenvalue weighted by atomic mass is 9.91. The summed E-state index contributed by atoms with van der Waals surface area (Å²) >= 11 is 0. The van der Waals surface area contributed by atoms with Crippen molar-refractivity contribution in [1.82, 2.24) is 0 Å². The molecule has 0 bridgehead atoms. The standard InChI is InChI=1S/C16H13F3O2/c17-16(18,19)13-8-4-5-11(9-13)10-14(15(20)21)12-6-2-1-3-7-12/h1-9,14H,10H2,(H,20,21). The Kier molecular flexibility index (Phi) is 4.31. The maximum absolute atomic E-state index is 12.7. The van der Waals surface area contributed by atoms with Crippen LogP contribution in [-0.2, 0) is 17.4 Å². The zero-order valence-corrected chi connectivity index (χ0v) is 11.0. The molecule has 2 aromatic carbocycles. The van der Waals surface area contributed by atoms with Crippen LogP contribution in [0.4, 0.5) is 13.2 Å². The Morgan fingerprint density at radius 3 is 2.29 bits per heavy atom. The third-order valence-electron chi connectivity index (χ3n) is 3.19. The summed E-state index contributed by atoms with van der Waals surface area (Å²) in [6.07, 6.45) is -4.41.